The molecule has 1 aromatic rings. The Morgan fingerprint density at radius 3 is 2.88 bits per heavy atom. The van der Waals surface area contributed by atoms with E-state index in [0.29, 0.717) is 0 Å². The second-order valence-corrected chi connectivity index (χ2v) is 2.66. The first-order valence-corrected chi connectivity index (χ1v) is 3.33. The quantitative estimate of drug-likeness (QED) is 0.607. The van der Waals surface area contributed by atoms with Crippen molar-refractivity contribution in [2.45, 2.75) is 13.0 Å². The Balaban J connectivity index is 2.77. The molecule has 1 atom stereocenters. The molecular formula is C6H8NS. The summed E-state index contributed by atoms with van der Waals surface area (Å²) in [5, 5.41) is 2.97. The van der Waals surface area contributed by atoms with Crippen LogP contribution in [0.2, 0.25) is 0 Å². The highest BCUT2D eigenvalue weighted by Gasteiger charge is 1.96. The summed E-state index contributed by atoms with van der Waals surface area (Å²) in [5.41, 5.74) is 5.55. The Morgan fingerprint density at radius 2 is 2.62 bits per heavy atom. The largest absolute Gasteiger partial charge is 0.324 e. The third kappa shape index (κ3) is 1.08. The topological polar surface area (TPSA) is 26.0 Å². The highest BCUT2D eigenvalue weighted by molar-refractivity contribution is 7.09. The minimum absolute atomic E-state index is 0.172. The summed E-state index contributed by atoms with van der Waals surface area (Å²) in [6.45, 7) is 1.97. The maximum absolute atomic E-state index is 5.55. The van der Waals surface area contributed by atoms with Crippen LogP contribution < -0.4 is 5.73 Å². The van der Waals surface area contributed by atoms with Gasteiger partial charge in [0.15, 0.2) is 0 Å². The zero-order valence-corrected chi connectivity index (χ0v) is 5.53. The van der Waals surface area contributed by atoms with Crippen LogP contribution >= 0.6 is 11.3 Å². The van der Waals surface area contributed by atoms with E-state index in [4.69, 9.17) is 5.73 Å². The molecule has 1 aromatic heterocycles. The van der Waals surface area contributed by atoms with Gasteiger partial charge in [0.05, 0.1) is 0 Å². The average molecular weight is 126 g/mol. The van der Waals surface area contributed by atoms with Gasteiger partial charge in [0.1, 0.15) is 0 Å². The van der Waals surface area contributed by atoms with Crippen LogP contribution in [0.4, 0.5) is 0 Å². The Bertz CT molecular complexity index is 144. The maximum Gasteiger partial charge on any atom is 0.0446 e. The zero-order chi connectivity index (χ0) is 5.98. The van der Waals surface area contributed by atoms with E-state index in [1.54, 1.807) is 11.3 Å². The van der Waals surface area contributed by atoms with E-state index in [0.717, 1.165) is 0 Å². The summed E-state index contributed by atoms with van der Waals surface area (Å²) in [7, 11) is 0. The van der Waals surface area contributed by atoms with Crippen molar-refractivity contribution in [3.05, 3.63) is 22.4 Å². The van der Waals surface area contributed by atoms with Crippen LogP contribution in [0.25, 0.3) is 0 Å². The van der Waals surface area contributed by atoms with Gasteiger partial charge < -0.3 is 5.73 Å². The number of rotatable bonds is 1. The predicted molar refractivity (Wildman–Crippen MR) is 35.8 cm³/mol. The third-order valence-corrected chi connectivity index (χ3v) is 1.94. The lowest BCUT2D eigenvalue weighted by Crippen LogP contribution is -2.01. The predicted octanol–water partition coefficient (Wildman–Crippen LogP) is 1.57. The lowest BCUT2D eigenvalue weighted by atomic mass is 10.3. The van der Waals surface area contributed by atoms with Crippen LogP contribution in [-0.2, 0) is 0 Å². The number of thiophene rings is 1. The van der Waals surface area contributed by atoms with Gasteiger partial charge in [-0.3, -0.25) is 0 Å². The van der Waals surface area contributed by atoms with E-state index in [1.165, 1.54) is 4.88 Å². The molecule has 0 saturated carbocycles. The molecule has 0 saturated heterocycles. The summed E-state index contributed by atoms with van der Waals surface area (Å²) in [5.74, 6) is 0. The molecule has 0 spiro atoms. The summed E-state index contributed by atoms with van der Waals surface area (Å²) in [4.78, 5) is 1.20. The van der Waals surface area contributed by atoms with Gasteiger partial charge in [0.2, 0.25) is 0 Å². The van der Waals surface area contributed by atoms with E-state index in [9.17, 15) is 0 Å². The van der Waals surface area contributed by atoms with Crippen molar-refractivity contribution in [2.75, 3.05) is 0 Å². The molecule has 0 aliphatic heterocycles. The molecule has 0 aliphatic rings. The average Bonchev–Trinajstić information content (AvgIpc) is 2.12. The fourth-order valence-corrected chi connectivity index (χ4v) is 1.09. The van der Waals surface area contributed by atoms with Crippen LogP contribution in [0.3, 0.4) is 0 Å². The second-order valence-electron chi connectivity index (χ2n) is 1.74. The zero-order valence-electron chi connectivity index (χ0n) is 4.72. The summed E-state index contributed by atoms with van der Waals surface area (Å²) < 4.78 is 0. The molecule has 1 rings (SSSR count). The van der Waals surface area contributed by atoms with Crippen molar-refractivity contribution in [1.29, 1.82) is 0 Å². The lowest BCUT2D eigenvalue weighted by molar-refractivity contribution is 0.838. The molecule has 1 heterocycles. The maximum atomic E-state index is 5.55. The Hall–Kier alpha value is -0.340. The fourth-order valence-electron chi connectivity index (χ4n) is 0.497. The van der Waals surface area contributed by atoms with Gasteiger partial charge in [0, 0.05) is 16.3 Å². The summed E-state index contributed by atoms with van der Waals surface area (Å²) in [6.07, 6.45) is 0. The van der Waals surface area contributed by atoms with Gasteiger partial charge in [0.25, 0.3) is 0 Å². The van der Waals surface area contributed by atoms with E-state index in [-0.39, 0.29) is 6.04 Å². The molecule has 1 unspecified atom stereocenters. The van der Waals surface area contributed by atoms with Gasteiger partial charge in [-0.05, 0) is 19.1 Å². The molecule has 2 N–H and O–H groups in total. The van der Waals surface area contributed by atoms with Crippen LogP contribution in [0.5, 0.6) is 0 Å². The van der Waals surface area contributed by atoms with Crippen molar-refractivity contribution < 1.29 is 0 Å². The van der Waals surface area contributed by atoms with Gasteiger partial charge in [-0.2, -0.15) is 0 Å². The Kier molecular flexibility index (Phi) is 1.65. The van der Waals surface area contributed by atoms with Gasteiger partial charge >= 0.3 is 0 Å². The van der Waals surface area contributed by atoms with Crippen molar-refractivity contribution in [3.63, 3.8) is 0 Å². The first-order valence-electron chi connectivity index (χ1n) is 2.52. The minimum atomic E-state index is 0.172. The molecule has 0 aliphatic carbocycles. The third-order valence-electron chi connectivity index (χ3n) is 0.941. The molecule has 0 aromatic carbocycles. The van der Waals surface area contributed by atoms with Crippen molar-refractivity contribution >= 4 is 11.3 Å². The first kappa shape index (κ1) is 5.79. The monoisotopic (exact) mass is 126 g/mol. The molecular weight excluding hydrogens is 118 g/mol. The Morgan fingerprint density at radius 1 is 1.88 bits per heavy atom. The van der Waals surface area contributed by atoms with Crippen molar-refractivity contribution in [3.8, 4) is 0 Å². The normalized spacial score (nSPS) is 13.8. The van der Waals surface area contributed by atoms with Crippen LogP contribution in [-0.4, -0.2) is 0 Å². The van der Waals surface area contributed by atoms with Gasteiger partial charge in [-0.15, -0.1) is 11.3 Å². The smallest absolute Gasteiger partial charge is 0.0446 e. The molecule has 0 bridgehead atoms. The highest BCUT2D eigenvalue weighted by atomic mass is 32.1. The highest BCUT2D eigenvalue weighted by Crippen LogP contribution is 2.14. The first-order chi connectivity index (χ1) is 3.80. The second kappa shape index (κ2) is 2.29. The lowest BCUT2D eigenvalue weighted by Gasteiger charge is -1.96. The van der Waals surface area contributed by atoms with E-state index < -0.39 is 0 Å². The number of hydrogen-bond acceptors (Lipinski definition) is 2. The van der Waals surface area contributed by atoms with Crippen molar-refractivity contribution in [1.82, 2.24) is 0 Å². The van der Waals surface area contributed by atoms with Crippen LogP contribution in [0.15, 0.2) is 12.1 Å². The summed E-state index contributed by atoms with van der Waals surface area (Å²) in [6, 6.07) is 4.06. The van der Waals surface area contributed by atoms with Crippen LogP contribution in [0.1, 0.15) is 17.8 Å². The molecule has 43 valence electrons. The van der Waals surface area contributed by atoms with E-state index in [1.807, 2.05) is 19.1 Å². The standard InChI is InChI=1S/C6H8NS/c1-5(7)6-3-2-4-8-6/h2-3,5H,7H2,1H3. The molecule has 2 heteroatoms. The summed E-state index contributed by atoms with van der Waals surface area (Å²) >= 11 is 1.58. The molecule has 0 amide bonds. The number of hydrogen-bond donors (Lipinski definition) is 1. The van der Waals surface area contributed by atoms with Gasteiger partial charge in [-0.1, -0.05) is 0 Å². The van der Waals surface area contributed by atoms with Crippen molar-refractivity contribution in [2.24, 2.45) is 5.73 Å². The van der Waals surface area contributed by atoms with E-state index in [2.05, 4.69) is 5.38 Å². The SMILES string of the molecule is CC(N)c1cc[c]s1. The Labute approximate surface area is 53.1 Å². The molecule has 1 nitrogen and oxygen atoms in total. The minimum Gasteiger partial charge on any atom is -0.324 e. The van der Waals surface area contributed by atoms with Gasteiger partial charge in [-0.25, -0.2) is 0 Å². The molecule has 1 radical (unpaired) electrons. The number of nitrogens with two attached hydrogens (primary N) is 1. The van der Waals surface area contributed by atoms with Crippen LogP contribution in [0, 0.1) is 5.38 Å². The fraction of sp³-hybridized carbons (Fsp3) is 0.333. The molecule has 0 fully saturated rings. The molecule has 8 heavy (non-hydrogen) atoms. The van der Waals surface area contributed by atoms with E-state index >= 15 is 0 Å².